The maximum atomic E-state index is 15.1. The number of rotatable bonds is 8. The number of nitrogens with zero attached hydrogens (tertiary/aromatic N) is 4. The van der Waals surface area contributed by atoms with Crippen molar-refractivity contribution in [1.82, 2.24) is 9.80 Å². The van der Waals surface area contributed by atoms with Gasteiger partial charge in [0, 0.05) is 37.4 Å². The zero-order valence-electron chi connectivity index (χ0n) is 23.4. The Balaban J connectivity index is 2.09. The maximum absolute atomic E-state index is 15.1. The van der Waals surface area contributed by atoms with Crippen molar-refractivity contribution in [1.29, 1.82) is 5.26 Å². The summed E-state index contributed by atoms with van der Waals surface area (Å²) in [6, 6.07) is 5.10. The molecule has 1 unspecified atom stereocenters. The summed E-state index contributed by atoms with van der Waals surface area (Å²) in [5.74, 6) is -11.6. The molecule has 11 heteroatoms. The number of anilines is 1. The predicted molar refractivity (Wildman–Crippen MR) is 143 cm³/mol. The van der Waals surface area contributed by atoms with Gasteiger partial charge in [-0.2, -0.15) is 5.26 Å². The number of hydrogen-bond acceptors (Lipinski definition) is 5. The number of nitrogens with two attached hydrogens (primary N) is 1. The summed E-state index contributed by atoms with van der Waals surface area (Å²) in [4.78, 5) is 18.6. The van der Waals surface area contributed by atoms with E-state index in [2.05, 4.69) is 30.6 Å². The van der Waals surface area contributed by atoms with Crippen LogP contribution in [0.25, 0.3) is 0 Å². The van der Waals surface area contributed by atoms with Crippen LogP contribution >= 0.6 is 0 Å². The topological polar surface area (TPSA) is 76.6 Å². The first-order valence-corrected chi connectivity index (χ1v) is 13.2. The number of hydrogen-bond donors (Lipinski definition) is 1. The highest BCUT2D eigenvalue weighted by molar-refractivity contribution is 5.83. The molecule has 1 aliphatic heterocycles. The molecular formula is C29H36F5N5O. The van der Waals surface area contributed by atoms with Gasteiger partial charge in [-0.1, -0.05) is 26.0 Å². The quantitative estimate of drug-likeness (QED) is 0.208. The summed E-state index contributed by atoms with van der Waals surface area (Å²) in [6.45, 7) is 12.4. The second kappa shape index (κ2) is 12.5. The number of amides is 1. The fourth-order valence-corrected chi connectivity index (χ4v) is 5.06. The second-order valence-electron chi connectivity index (χ2n) is 11.5. The minimum atomic E-state index is -2.31. The van der Waals surface area contributed by atoms with Crippen molar-refractivity contribution in [2.24, 2.45) is 11.7 Å². The molecule has 0 radical (unpaired) electrons. The summed E-state index contributed by atoms with van der Waals surface area (Å²) in [6.07, 6.45) is 0.185. The van der Waals surface area contributed by atoms with Gasteiger partial charge in [-0.25, -0.2) is 22.0 Å². The Morgan fingerprint density at radius 1 is 0.950 bits per heavy atom. The number of halogens is 5. The molecule has 0 saturated carbocycles. The number of carbonyl (C=O) groups is 1. The van der Waals surface area contributed by atoms with Gasteiger partial charge in [0.15, 0.2) is 23.3 Å². The normalized spacial score (nSPS) is 16.1. The van der Waals surface area contributed by atoms with Gasteiger partial charge >= 0.3 is 0 Å². The van der Waals surface area contributed by atoms with Gasteiger partial charge in [-0.3, -0.25) is 9.69 Å². The van der Waals surface area contributed by atoms with Crippen molar-refractivity contribution in [3.05, 3.63) is 64.5 Å². The van der Waals surface area contributed by atoms with Crippen LogP contribution in [-0.2, 0) is 4.79 Å². The number of carbonyl (C=O) groups excluding carboxylic acids is 1. The van der Waals surface area contributed by atoms with E-state index in [4.69, 9.17) is 5.73 Å². The van der Waals surface area contributed by atoms with Crippen molar-refractivity contribution in [3.63, 3.8) is 0 Å². The van der Waals surface area contributed by atoms with Gasteiger partial charge < -0.3 is 15.5 Å². The molecule has 1 aliphatic rings. The molecule has 1 amide bonds. The predicted octanol–water partition coefficient (Wildman–Crippen LogP) is 5.12. The third-order valence-corrected chi connectivity index (χ3v) is 7.20. The minimum absolute atomic E-state index is 0.0180. The summed E-state index contributed by atoms with van der Waals surface area (Å²) in [5.41, 5.74) is 5.72. The summed E-state index contributed by atoms with van der Waals surface area (Å²) in [7, 11) is 0. The highest BCUT2D eigenvalue weighted by atomic mass is 19.2. The van der Waals surface area contributed by atoms with E-state index in [0.717, 1.165) is 36.8 Å². The van der Waals surface area contributed by atoms with Crippen LogP contribution in [0.15, 0.2) is 24.3 Å². The Labute approximate surface area is 232 Å². The molecule has 0 aliphatic carbocycles. The van der Waals surface area contributed by atoms with Crippen LogP contribution < -0.4 is 10.6 Å². The standard InChI is InChI=1S/C29H36F5N5O/c1-17(2)16-20(36)28(40)39(11-10-35)27(21-22(30)24(32)26(34)25(33)23(21)31)18-6-8-19(9-7-18)37-12-14-38(15-13-37)29(3,4)5/h6-9,17,20,27H,11-16,36H2,1-5H3/t20-,27?/m0/s1. The van der Waals surface area contributed by atoms with Gasteiger partial charge in [-0.05, 0) is 50.8 Å². The van der Waals surface area contributed by atoms with E-state index >= 15 is 8.78 Å². The van der Waals surface area contributed by atoms with E-state index in [1.165, 1.54) is 12.1 Å². The van der Waals surface area contributed by atoms with Crippen LogP contribution in [0.4, 0.5) is 27.6 Å². The molecule has 2 aromatic carbocycles. The molecule has 1 fully saturated rings. The monoisotopic (exact) mass is 565 g/mol. The van der Waals surface area contributed by atoms with E-state index in [-0.39, 0.29) is 23.4 Å². The lowest BCUT2D eigenvalue weighted by Crippen LogP contribution is -2.53. The molecule has 0 bridgehead atoms. The molecule has 218 valence electrons. The highest BCUT2D eigenvalue weighted by Gasteiger charge is 2.38. The first-order valence-electron chi connectivity index (χ1n) is 13.2. The van der Waals surface area contributed by atoms with Crippen LogP contribution in [-0.4, -0.2) is 60.0 Å². The molecule has 2 N–H and O–H groups in total. The second-order valence-corrected chi connectivity index (χ2v) is 11.5. The van der Waals surface area contributed by atoms with Crippen LogP contribution in [0.5, 0.6) is 0 Å². The van der Waals surface area contributed by atoms with E-state index < -0.39 is 59.2 Å². The third kappa shape index (κ3) is 6.56. The van der Waals surface area contributed by atoms with Crippen LogP contribution in [0.1, 0.15) is 58.2 Å². The molecule has 0 spiro atoms. The van der Waals surface area contributed by atoms with Crippen molar-refractivity contribution in [2.75, 3.05) is 37.6 Å². The number of benzene rings is 2. The van der Waals surface area contributed by atoms with Crippen molar-refractivity contribution < 1.29 is 26.7 Å². The minimum Gasteiger partial charge on any atom is -0.369 e. The lowest BCUT2D eigenvalue weighted by Gasteiger charge is -2.43. The van der Waals surface area contributed by atoms with E-state index in [1.807, 2.05) is 13.8 Å². The first kappa shape index (κ1) is 31.3. The van der Waals surface area contributed by atoms with Crippen LogP contribution in [0.2, 0.25) is 0 Å². The zero-order valence-corrected chi connectivity index (χ0v) is 23.4. The Hall–Kier alpha value is -3.23. The SMILES string of the molecule is CC(C)C[C@H](N)C(=O)N(CC#N)C(c1ccc(N2CCN(C(C)(C)C)CC2)cc1)c1c(F)c(F)c(F)c(F)c1F. The summed E-state index contributed by atoms with van der Waals surface area (Å²) in [5, 5.41) is 9.49. The van der Waals surface area contributed by atoms with E-state index in [9.17, 15) is 23.2 Å². The molecule has 2 aromatic rings. The summed E-state index contributed by atoms with van der Waals surface area (Å²) < 4.78 is 72.8. The summed E-state index contributed by atoms with van der Waals surface area (Å²) >= 11 is 0. The molecule has 3 rings (SSSR count). The molecule has 40 heavy (non-hydrogen) atoms. The average Bonchev–Trinajstić information content (AvgIpc) is 2.91. The smallest absolute Gasteiger partial charge is 0.241 e. The van der Waals surface area contributed by atoms with Crippen molar-refractivity contribution in [2.45, 2.75) is 58.7 Å². The zero-order chi connectivity index (χ0) is 29.9. The van der Waals surface area contributed by atoms with Gasteiger partial charge in [0.2, 0.25) is 11.7 Å². The largest absolute Gasteiger partial charge is 0.369 e. The van der Waals surface area contributed by atoms with Crippen LogP contribution in [0, 0.1) is 46.3 Å². The number of nitriles is 1. The van der Waals surface area contributed by atoms with E-state index in [0.29, 0.717) is 0 Å². The molecule has 6 nitrogen and oxygen atoms in total. The fraction of sp³-hybridized carbons (Fsp3) is 0.517. The first-order chi connectivity index (χ1) is 18.7. The molecule has 2 atom stereocenters. The Morgan fingerprint density at radius 2 is 1.45 bits per heavy atom. The molecule has 1 heterocycles. The van der Waals surface area contributed by atoms with Gasteiger partial charge in [-0.15, -0.1) is 0 Å². The van der Waals surface area contributed by atoms with E-state index in [1.54, 1.807) is 18.2 Å². The van der Waals surface area contributed by atoms with Crippen molar-refractivity contribution >= 4 is 11.6 Å². The molecule has 1 saturated heterocycles. The Kier molecular flexibility index (Phi) is 9.80. The fourth-order valence-electron chi connectivity index (χ4n) is 5.06. The number of piperazine rings is 1. The average molecular weight is 566 g/mol. The molecular weight excluding hydrogens is 529 g/mol. The lowest BCUT2D eigenvalue weighted by atomic mass is 9.93. The van der Waals surface area contributed by atoms with Gasteiger partial charge in [0.1, 0.15) is 6.54 Å². The molecule has 0 aromatic heterocycles. The maximum Gasteiger partial charge on any atom is 0.241 e. The third-order valence-electron chi connectivity index (χ3n) is 7.20. The Bertz CT molecular complexity index is 1220. The van der Waals surface area contributed by atoms with Crippen molar-refractivity contribution in [3.8, 4) is 6.07 Å². The van der Waals surface area contributed by atoms with Crippen LogP contribution in [0.3, 0.4) is 0 Å². The van der Waals surface area contributed by atoms with Gasteiger partial charge in [0.05, 0.1) is 23.7 Å². The van der Waals surface area contributed by atoms with Gasteiger partial charge in [0.25, 0.3) is 0 Å². The Morgan fingerprint density at radius 3 is 1.90 bits per heavy atom. The highest BCUT2D eigenvalue weighted by Crippen LogP contribution is 2.37. The lowest BCUT2D eigenvalue weighted by molar-refractivity contribution is -0.134.